The molecule has 0 aromatic heterocycles. The van der Waals surface area contributed by atoms with Crippen molar-refractivity contribution >= 4 is 23.5 Å². The fourth-order valence-corrected chi connectivity index (χ4v) is 1.75. The first kappa shape index (κ1) is 15.5. The summed E-state index contributed by atoms with van der Waals surface area (Å²) < 4.78 is 4.72. The molecule has 0 saturated carbocycles. The van der Waals surface area contributed by atoms with Crippen molar-refractivity contribution in [2.45, 2.75) is 26.3 Å². The number of hydrogen-bond donors (Lipinski definition) is 1. The zero-order chi connectivity index (χ0) is 14.4. The Morgan fingerprint density at radius 3 is 2.37 bits per heavy atom. The number of halogens is 1. The van der Waals surface area contributed by atoms with E-state index in [9.17, 15) is 9.59 Å². The molecule has 0 fully saturated rings. The van der Waals surface area contributed by atoms with E-state index in [0.29, 0.717) is 10.6 Å². The Balaban J connectivity index is 2.81. The lowest BCUT2D eigenvalue weighted by Crippen LogP contribution is -2.45. The average molecular weight is 284 g/mol. The van der Waals surface area contributed by atoms with Crippen LogP contribution in [0.25, 0.3) is 0 Å². The third-order valence-electron chi connectivity index (χ3n) is 3.06. The summed E-state index contributed by atoms with van der Waals surface area (Å²) in [5.74, 6) is -0.743. The Bertz CT molecular complexity index is 445. The minimum absolute atomic E-state index is 0.00343. The van der Waals surface area contributed by atoms with Crippen molar-refractivity contribution < 1.29 is 14.3 Å². The summed E-state index contributed by atoms with van der Waals surface area (Å²) in [6.45, 7) is 3.85. The van der Waals surface area contributed by atoms with Crippen molar-refractivity contribution in [1.82, 2.24) is 5.32 Å². The van der Waals surface area contributed by atoms with Crippen LogP contribution in [-0.2, 0) is 9.53 Å². The van der Waals surface area contributed by atoms with E-state index in [1.54, 1.807) is 24.3 Å². The highest BCUT2D eigenvalue weighted by Gasteiger charge is 2.26. The molecule has 19 heavy (non-hydrogen) atoms. The zero-order valence-electron chi connectivity index (χ0n) is 11.3. The summed E-state index contributed by atoms with van der Waals surface area (Å²) in [4.78, 5) is 23.7. The minimum atomic E-state index is -0.641. The molecule has 104 valence electrons. The van der Waals surface area contributed by atoms with Crippen molar-refractivity contribution in [1.29, 1.82) is 0 Å². The van der Waals surface area contributed by atoms with Crippen LogP contribution in [0.15, 0.2) is 24.3 Å². The molecule has 0 radical (unpaired) electrons. The summed E-state index contributed by atoms with van der Waals surface area (Å²) in [5.41, 5.74) is 0.460. The Morgan fingerprint density at radius 1 is 1.32 bits per heavy atom. The Morgan fingerprint density at radius 2 is 1.89 bits per heavy atom. The number of methoxy groups -OCH3 is 1. The second-order valence-corrected chi connectivity index (χ2v) is 4.80. The molecule has 0 aliphatic rings. The van der Waals surface area contributed by atoms with E-state index in [1.807, 2.05) is 13.8 Å². The monoisotopic (exact) mass is 283 g/mol. The minimum Gasteiger partial charge on any atom is -0.467 e. The molecule has 1 aromatic rings. The lowest BCUT2D eigenvalue weighted by Gasteiger charge is -2.21. The molecule has 0 bridgehead atoms. The summed E-state index contributed by atoms with van der Waals surface area (Å²) in [7, 11) is 1.31. The molecule has 0 saturated heterocycles. The van der Waals surface area contributed by atoms with Crippen LogP contribution in [0.1, 0.15) is 30.6 Å². The van der Waals surface area contributed by atoms with Gasteiger partial charge in [-0.15, -0.1) is 0 Å². The van der Waals surface area contributed by atoms with E-state index in [0.717, 1.165) is 6.42 Å². The van der Waals surface area contributed by atoms with Crippen LogP contribution >= 0.6 is 11.6 Å². The number of hydrogen-bond acceptors (Lipinski definition) is 3. The van der Waals surface area contributed by atoms with Gasteiger partial charge in [0.1, 0.15) is 6.04 Å². The molecule has 5 heteroatoms. The van der Waals surface area contributed by atoms with Crippen LogP contribution in [-0.4, -0.2) is 25.0 Å². The van der Waals surface area contributed by atoms with Crippen molar-refractivity contribution in [3.8, 4) is 0 Å². The molecule has 1 aromatic carbocycles. The third-order valence-corrected chi connectivity index (χ3v) is 3.31. The lowest BCUT2D eigenvalue weighted by molar-refractivity contribution is -0.144. The van der Waals surface area contributed by atoms with Crippen LogP contribution < -0.4 is 5.32 Å². The predicted octanol–water partition coefficient (Wildman–Crippen LogP) is 2.66. The van der Waals surface area contributed by atoms with Crippen LogP contribution in [0.2, 0.25) is 5.02 Å². The van der Waals surface area contributed by atoms with Crippen molar-refractivity contribution in [2.24, 2.45) is 5.92 Å². The van der Waals surface area contributed by atoms with Gasteiger partial charge in [-0.25, -0.2) is 4.79 Å². The number of rotatable bonds is 5. The molecular weight excluding hydrogens is 266 g/mol. The highest BCUT2D eigenvalue weighted by Crippen LogP contribution is 2.12. The second-order valence-electron chi connectivity index (χ2n) is 4.37. The zero-order valence-corrected chi connectivity index (χ0v) is 12.0. The van der Waals surface area contributed by atoms with Gasteiger partial charge in [0.2, 0.25) is 0 Å². The average Bonchev–Trinajstić information content (AvgIpc) is 2.43. The van der Waals surface area contributed by atoms with Gasteiger partial charge in [-0.2, -0.15) is 0 Å². The van der Waals surface area contributed by atoms with Crippen molar-refractivity contribution in [2.75, 3.05) is 7.11 Å². The largest absolute Gasteiger partial charge is 0.467 e. The Labute approximate surface area is 118 Å². The van der Waals surface area contributed by atoms with Crippen LogP contribution in [0.4, 0.5) is 0 Å². The van der Waals surface area contributed by atoms with Gasteiger partial charge in [0, 0.05) is 10.6 Å². The number of esters is 1. The van der Waals surface area contributed by atoms with Crippen molar-refractivity contribution in [3.05, 3.63) is 34.9 Å². The number of benzene rings is 1. The quantitative estimate of drug-likeness (QED) is 0.845. The van der Waals surface area contributed by atoms with E-state index in [1.165, 1.54) is 7.11 Å². The summed E-state index contributed by atoms with van der Waals surface area (Å²) in [5, 5.41) is 3.26. The Hall–Kier alpha value is -1.55. The highest BCUT2D eigenvalue weighted by atomic mass is 35.5. The molecular formula is C14H18ClNO3. The van der Waals surface area contributed by atoms with Gasteiger partial charge < -0.3 is 10.1 Å². The maximum Gasteiger partial charge on any atom is 0.328 e. The smallest absolute Gasteiger partial charge is 0.328 e. The van der Waals surface area contributed by atoms with Gasteiger partial charge in [0.25, 0.3) is 5.91 Å². The van der Waals surface area contributed by atoms with Crippen LogP contribution in [0.3, 0.4) is 0 Å². The van der Waals surface area contributed by atoms with E-state index in [4.69, 9.17) is 16.3 Å². The molecule has 0 spiro atoms. The topological polar surface area (TPSA) is 55.4 Å². The number of amides is 1. The molecule has 0 unspecified atom stereocenters. The summed E-state index contributed by atoms with van der Waals surface area (Å²) >= 11 is 5.76. The number of nitrogens with one attached hydrogen (secondary N) is 1. The van der Waals surface area contributed by atoms with Crippen LogP contribution in [0.5, 0.6) is 0 Å². The van der Waals surface area contributed by atoms with E-state index in [2.05, 4.69) is 5.32 Å². The van der Waals surface area contributed by atoms with E-state index < -0.39 is 12.0 Å². The Kier molecular flexibility index (Phi) is 5.83. The predicted molar refractivity (Wildman–Crippen MR) is 74.2 cm³/mol. The SMILES string of the molecule is CC[C@@H](C)[C@@H](NC(=O)c1ccc(Cl)cc1)C(=O)OC. The molecule has 1 rings (SSSR count). The van der Waals surface area contributed by atoms with Crippen LogP contribution in [0, 0.1) is 5.92 Å². The lowest BCUT2D eigenvalue weighted by atomic mass is 9.99. The summed E-state index contributed by atoms with van der Waals surface area (Å²) in [6.07, 6.45) is 0.765. The first-order chi connectivity index (χ1) is 8.99. The molecule has 0 aliphatic heterocycles. The first-order valence-corrected chi connectivity index (χ1v) is 6.51. The van der Waals surface area contributed by atoms with E-state index >= 15 is 0 Å². The fourth-order valence-electron chi connectivity index (χ4n) is 1.62. The number of ether oxygens (including phenoxy) is 1. The van der Waals surface area contributed by atoms with Gasteiger partial charge in [-0.05, 0) is 30.2 Å². The maximum atomic E-state index is 12.0. The normalized spacial score (nSPS) is 13.5. The third kappa shape index (κ3) is 4.24. The standard InChI is InChI=1S/C14H18ClNO3/c1-4-9(2)12(14(18)19-3)16-13(17)10-5-7-11(15)8-6-10/h5-9,12H,4H2,1-3H3,(H,16,17)/t9-,12-/m1/s1. The summed E-state index contributed by atoms with van der Waals surface area (Å²) in [6, 6.07) is 5.85. The van der Waals surface area contributed by atoms with Gasteiger partial charge in [0.05, 0.1) is 7.11 Å². The maximum absolute atomic E-state index is 12.0. The molecule has 0 heterocycles. The van der Waals surface area contributed by atoms with Gasteiger partial charge in [0.15, 0.2) is 0 Å². The van der Waals surface area contributed by atoms with Crippen molar-refractivity contribution in [3.63, 3.8) is 0 Å². The number of carbonyl (C=O) groups excluding carboxylic acids is 2. The second kappa shape index (κ2) is 7.14. The van der Waals surface area contributed by atoms with Gasteiger partial charge in [-0.1, -0.05) is 31.9 Å². The molecule has 4 nitrogen and oxygen atoms in total. The number of carbonyl (C=O) groups is 2. The molecule has 2 atom stereocenters. The highest BCUT2D eigenvalue weighted by molar-refractivity contribution is 6.30. The molecule has 1 N–H and O–H groups in total. The molecule has 1 amide bonds. The van der Waals surface area contributed by atoms with Gasteiger partial charge >= 0.3 is 5.97 Å². The van der Waals surface area contributed by atoms with Gasteiger partial charge in [-0.3, -0.25) is 4.79 Å². The van der Waals surface area contributed by atoms with E-state index in [-0.39, 0.29) is 11.8 Å². The molecule has 0 aliphatic carbocycles. The first-order valence-electron chi connectivity index (χ1n) is 6.13. The fraction of sp³-hybridized carbons (Fsp3) is 0.429.